The molecule has 3 atom stereocenters. The van der Waals surface area contributed by atoms with Gasteiger partial charge >= 0.3 is 0 Å². The highest BCUT2D eigenvalue weighted by molar-refractivity contribution is 5.71. The van der Waals surface area contributed by atoms with Crippen molar-refractivity contribution in [1.82, 2.24) is 29.3 Å². The number of methoxy groups -OCH3 is 1. The predicted molar refractivity (Wildman–Crippen MR) is 111 cm³/mol. The van der Waals surface area contributed by atoms with Crippen LogP contribution in [0.2, 0.25) is 0 Å². The maximum Gasteiger partial charge on any atom is 0.280 e. The zero-order valence-corrected chi connectivity index (χ0v) is 17.1. The fraction of sp³-hybridized carbons (Fsp3) is 0.318. The Morgan fingerprint density at radius 2 is 2.06 bits per heavy atom. The summed E-state index contributed by atoms with van der Waals surface area (Å²) < 4.78 is 13.6. The van der Waals surface area contributed by atoms with Crippen molar-refractivity contribution in [1.29, 1.82) is 0 Å². The van der Waals surface area contributed by atoms with Crippen molar-refractivity contribution in [3.05, 3.63) is 76.3 Å². The zero-order valence-electron chi connectivity index (χ0n) is 17.1. The standard InChI is InChI=1S/C22H20N6O3/c1-12-20-22(29)27(11-24-28(20)10-23-12)9-18-25-21(26-31-18)19-16-7-14(8-17(16)19)13-3-5-15(30-2)6-4-13/h3-7,10-11,16-17,19H,8-9H2,1-2H3. The number of fused-ring (bicyclic) bond motifs is 2. The molecule has 9 heteroatoms. The topological polar surface area (TPSA) is 100 Å². The summed E-state index contributed by atoms with van der Waals surface area (Å²) in [6.45, 7) is 1.97. The van der Waals surface area contributed by atoms with Gasteiger partial charge in [-0.15, -0.1) is 0 Å². The Labute approximate surface area is 177 Å². The van der Waals surface area contributed by atoms with Crippen LogP contribution in [0.25, 0.3) is 11.1 Å². The molecule has 1 saturated carbocycles. The molecule has 9 nitrogen and oxygen atoms in total. The Balaban J connectivity index is 1.18. The smallest absolute Gasteiger partial charge is 0.280 e. The third kappa shape index (κ3) is 2.88. The minimum Gasteiger partial charge on any atom is -0.497 e. The van der Waals surface area contributed by atoms with Crippen LogP contribution in [0.15, 0.2) is 52.3 Å². The van der Waals surface area contributed by atoms with Crippen LogP contribution >= 0.6 is 0 Å². The van der Waals surface area contributed by atoms with Crippen molar-refractivity contribution < 1.29 is 9.26 Å². The summed E-state index contributed by atoms with van der Waals surface area (Å²) in [4.78, 5) is 21.4. The second-order valence-corrected chi connectivity index (χ2v) is 8.12. The van der Waals surface area contributed by atoms with Crippen LogP contribution in [0.4, 0.5) is 0 Å². The molecule has 3 aromatic heterocycles. The maximum absolute atomic E-state index is 12.7. The van der Waals surface area contributed by atoms with Crippen molar-refractivity contribution in [2.45, 2.75) is 25.8 Å². The lowest BCUT2D eigenvalue weighted by molar-refractivity contribution is 0.363. The van der Waals surface area contributed by atoms with E-state index >= 15 is 0 Å². The Hall–Kier alpha value is -3.75. The fourth-order valence-electron chi connectivity index (χ4n) is 4.63. The number of benzene rings is 1. The van der Waals surface area contributed by atoms with Crippen molar-refractivity contribution in [3.63, 3.8) is 0 Å². The minimum absolute atomic E-state index is 0.180. The molecule has 1 aromatic carbocycles. The normalized spacial score (nSPS) is 21.9. The number of hydrogen-bond donors (Lipinski definition) is 0. The number of nitrogens with zero attached hydrogens (tertiary/aromatic N) is 6. The van der Waals surface area contributed by atoms with Gasteiger partial charge in [0.25, 0.3) is 5.56 Å². The van der Waals surface area contributed by atoms with E-state index in [2.05, 4.69) is 38.4 Å². The van der Waals surface area contributed by atoms with Crippen molar-refractivity contribution in [2.24, 2.45) is 11.8 Å². The molecule has 0 aliphatic heterocycles. The molecule has 2 aliphatic rings. The van der Waals surface area contributed by atoms with Crippen LogP contribution in [-0.2, 0) is 6.54 Å². The van der Waals surface area contributed by atoms with Gasteiger partial charge < -0.3 is 9.26 Å². The largest absolute Gasteiger partial charge is 0.497 e. The highest BCUT2D eigenvalue weighted by Gasteiger charge is 2.55. The van der Waals surface area contributed by atoms with E-state index in [0.29, 0.717) is 28.9 Å². The van der Waals surface area contributed by atoms with Gasteiger partial charge in [0, 0.05) is 5.92 Å². The molecular formula is C22H20N6O3. The highest BCUT2D eigenvalue weighted by Crippen LogP contribution is 2.62. The van der Waals surface area contributed by atoms with Gasteiger partial charge in [-0.25, -0.2) is 9.50 Å². The quantitative estimate of drug-likeness (QED) is 0.493. The van der Waals surface area contributed by atoms with Crippen molar-refractivity contribution in [3.8, 4) is 5.75 Å². The van der Waals surface area contributed by atoms with Crippen LogP contribution in [0.5, 0.6) is 5.75 Å². The van der Waals surface area contributed by atoms with Gasteiger partial charge in [-0.1, -0.05) is 23.4 Å². The van der Waals surface area contributed by atoms with Crippen LogP contribution in [0, 0.1) is 18.8 Å². The molecule has 0 spiro atoms. The molecule has 2 aliphatic carbocycles. The van der Waals surface area contributed by atoms with Crippen LogP contribution in [0.3, 0.4) is 0 Å². The molecular weight excluding hydrogens is 396 g/mol. The average molecular weight is 416 g/mol. The Morgan fingerprint density at radius 3 is 2.81 bits per heavy atom. The van der Waals surface area contributed by atoms with Crippen LogP contribution in [0.1, 0.15) is 35.3 Å². The van der Waals surface area contributed by atoms with Crippen molar-refractivity contribution >= 4 is 11.1 Å². The molecule has 4 aromatic rings. The molecule has 0 bridgehead atoms. The highest BCUT2D eigenvalue weighted by atomic mass is 16.5. The van der Waals surface area contributed by atoms with Gasteiger partial charge in [0.2, 0.25) is 5.89 Å². The number of rotatable bonds is 5. The van der Waals surface area contributed by atoms with Gasteiger partial charge in [0.05, 0.1) is 12.8 Å². The number of ether oxygens (including phenoxy) is 1. The maximum atomic E-state index is 12.7. The van der Waals surface area contributed by atoms with Crippen LogP contribution in [-0.4, -0.2) is 36.4 Å². The van der Waals surface area contributed by atoms with Crippen molar-refractivity contribution in [2.75, 3.05) is 7.11 Å². The number of aryl methyl sites for hydroxylation is 1. The molecule has 1 fully saturated rings. The molecule has 0 amide bonds. The van der Waals surface area contributed by atoms with Gasteiger partial charge in [-0.3, -0.25) is 9.36 Å². The van der Waals surface area contributed by atoms with E-state index in [0.717, 1.165) is 18.0 Å². The molecule has 0 saturated heterocycles. The number of aromatic nitrogens is 6. The van der Waals surface area contributed by atoms with Crippen LogP contribution < -0.4 is 10.3 Å². The lowest BCUT2D eigenvalue weighted by atomic mass is 10.0. The van der Waals surface area contributed by atoms with Gasteiger partial charge in [0.15, 0.2) is 11.3 Å². The first-order valence-electron chi connectivity index (χ1n) is 10.2. The average Bonchev–Trinajstić information content (AvgIpc) is 3.21. The van der Waals surface area contributed by atoms with Gasteiger partial charge in [0.1, 0.15) is 24.9 Å². The first kappa shape index (κ1) is 18.1. The Bertz CT molecular complexity index is 1380. The lowest BCUT2D eigenvalue weighted by Gasteiger charge is -2.06. The van der Waals surface area contributed by atoms with E-state index in [-0.39, 0.29) is 18.0 Å². The number of hydrogen-bond acceptors (Lipinski definition) is 7. The predicted octanol–water partition coefficient (Wildman–Crippen LogP) is 2.46. The molecule has 0 N–H and O–H groups in total. The van der Waals surface area contributed by atoms with E-state index in [1.807, 2.05) is 12.1 Å². The molecule has 156 valence electrons. The van der Waals surface area contributed by atoms with E-state index in [1.54, 1.807) is 14.0 Å². The summed E-state index contributed by atoms with van der Waals surface area (Å²) in [6, 6.07) is 8.18. The molecule has 0 radical (unpaired) electrons. The molecule has 3 unspecified atom stereocenters. The Kier molecular flexibility index (Phi) is 3.86. The number of allylic oxidation sites excluding steroid dienone is 2. The fourth-order valence-corrected chi connectivity index (χ4v) is 4.63. The summed E-state index contributed by atoms with van der Waals surface area (Å²) in [7, 11) is 1.67. The second kappa shape index (κ2) is 6.63. The zero-order chi connectivity index (χ0) is 21.1. The first-order valence-corrected chi connectivity index (χ1v) is 10.2. The number of imidazole rings is 1. The first-order chi connectivity index (χ1) is 15.1. The summed E-state index contributed by atoms with van der Waals surface area (Å²) >= 11 is 0. The minimum atomic E-state index is -0.180. The molecule has 31 heavy (non-hydrogen) atoms. The van der Waals surface area contributed by atoms with E-state index in [4.69, 9.17) is 9.26 Å². The van der Waals surface area contributed by atoms with Gasteiger partial charge in [-0.05, 0) is 48.4 Å². The summed E-state index contributed by atoms with van der Waals surface area (Å²) in [6.07, 6.45) is 6.33. The summed E-state index contributed by atoms with van der Waals surface area (Å²) in [5.74, 6) is 3.23. The van der Waals surface area contributed by atoms with Gasteiger partial charge in [-0.2, -0.15) is 10.1 Å². The Morgan fingerprint density at radius 1 is 1.23 bits per heavy atom. The van der Waals surface area contributed by atoms with E-state index < -0.39 is 0 Å². The monoisotopic (exact) mass is 416 g/mol. The van der Waals surface area contributed by atoms with E-state index in [9.17, 15) is 4.79 Å². The molecule has 3 heterocycles. The third-order valence-corrected chi connectivity index (χ3v) is 6.34. The SMILES string of the molecule is COc1ccc(C2=CC3C(C2)C3c2noc(Cn3cnn4cnc(C)c4c3=O)n2)cc1. The summed E-state index contributed by atoms with van der Waals surface area (Å²) in [5.41, 5.74) is 3.51. The molecule has 6 rings (SSSR count). The second-order valence-electron chi connectivity index (χ2n) is 8.12. The van der Waals surface area contributed by atoms with E-state index in [1.165, 1.54) is 32.9 Å². The summed E-state index contributed by atoms with van der Waals surface area (Å²) in [5, 5.41) is 8.41. The lowest BCUT2D eigenvalue weighted by Crippen LogP contribution is -2.23. The third-order valence-electron chi connectivity index (χ3n) is 6.34.